The van der Waals surface area contributed by atoms with Gasteiger partial charge in [-0.05, 0) is 28.8 Å². The standard InChI is InChI=1S/C29H24F3N7O2/c30-29(31,32)25-36-35-23-18-37(14-15-38(23)25)24(40)20-9-7-8-19(16-20)17-39-26(41)28(34-27(39)33,21-10-3-1-4-11-21)22-12-5-2-6-13-22/h1-13,16H,14-15,17-18H2,(H2,33,34). The van der Waals surface area contributed by atoms with Gasteiger partial charge in [0.25, 0.3) is 11.8 Å². The minimum atomic E-state index is -4.62. The predicted octanol–water partition coefficient (Wildman–Crippen LogP) is 3.55. The molecule has 3 aromatic carbocycles. The van der Waals surface area contributed by atoms with Crippen LogP contribution in [0.1, 0.15) is 38.7 Å². The Morgan fingerprint density at radius 3 is 2.20 bits per heavy atom. The van der Waals surface area contributed by atoms with Crippen LogP contribution in [0, 0.1) is 0 Å². The van der Waals surface area contributed by atoms with Crippen molar-refractivity contribution in [3.8, 4) is 0 Å². The summed E-state index contributed by atoms with van der Waals surface area (Å²) in [6.45, 7) is -0.0377. The van der Waals surface area contributed by atoms with Crippen molar-refractivity contribution >= 4 is 17.8 Å². The van der Waals surface area contributed by atoms with E-state index in [4.69, 9.17) is 10.7 Å². The van der Waals surface area contributed by atoms with E-state index < -0.39 is 17.5 Å². The number of halogens is 3. The normalized spacial score (nSPS) is 16.5. The van der Waals surface area contributed by atoms with Crippen molar-refractivity contribution in [3.05, 3.63) is 119 Å². The molecule has 208 valence electrons. The summed E-state index contributed by atoms with van der Waals surface area (Å²) in [5.41, 5.74) is 7.32. The van der Waals surface area contributed by atoms with Crippen LogP contribution >= 0.6 is 0 Å². The first-order chi connectivity index (χ1) is 19.7. The first-order valence-corrected chi connectivity index (χ1v) is 12.8. The van der Waals surface area contributed by atoms with E-state index in [9.17, 15) is 22.8 Å². The Kier molecular flexibility index (Phi) is 6.32. The molecular weight excluding hydrogens is 535 g/mol. The Morgan fingerprint density at radius 2 is 1.56 bits per heavy atom. The van der Waals surface area contributed by atoms with Crippen molar-refractivity contribution < 1.29 is 22.8 Å². The number of hydrogen-bond acceptors (Lipinski definition) is 6. The number of aliphatic imine (C=N–C) groups is 1. The first kappa shape index (κ1) is 26.2. The number of carbonyl (C=O) groups excluding carboxylic acids is 2. The number of fused-ring (bicyclic) bond motifs is 1. The summed E-state index contributed by atoms with van der Waals surface area (Å²) in [6, 6.07) is 25.1. The molecule has 3 heterocycles. The highest BCUT2D eigenvalue weighted by Crippen LogP contribution is 2.40. The lowest BCUT2D eigenvalue weighted by Crippen LogP contribution is -2.43. The molecule has 0 atom stereocenters. The fraction of sp³-hybridized carbons (Fsp3) is 0.207. The zero-order valence-corrected chi connectivity index (χ0v) is 21.6. The maximum Gasteiger partial charge on any atom is 0.451 e. The summed E-state index contributed by atoms with van der Waals surface area (Å²) in [5.74, 6) is -1.64. The van der Waals surface area contributed by atoms with E-state index in [0.29, 0.717) is 22.3 Å². The van der Waals surface area contributed by atoms with Crippen LogP contribution in [0.25, 0.3) is 0 Å². The second kappa shape index (κ2) is 9.88. The van der Waals surface area contributed by atoms with Gasteiger partial charge in [0.1, 0.15) is 0 Å². The van der Waals surface area contributed by atoms with Gasteiger partial charge in [0.15, 0.2) is 17.3 Å². The molecule has 2 aliphatic rings. The van der Waals surface area contributed by atoms with Crippen LogP contribution in [-0.4, -0.2) is 48.9 Å². The highest BCUT2D eigenvalue weighted by atomic mass is 19.4. The minimum absolute atomic E-state index is 0.0512. The largest absolute Gasteiger partial charge is 0.451 e. The third-order valence-electron chi connectivity index (χ3n) is 7.31. The average Bonchev–Trinajstić information content (AvgIpc) is 3.53. The molecule has 0 saturated carbocycles. The van der Waals surface area contributed by atoms with Gasteiger partial charge in [0, 0.05) is 18.7 Å². The molecule has 1 aromatic heterocycles. The number of carbonyl (C=O) groups is 2. The lowest BCUT2D eigenvalue weighted by atomic mass is 9.83. The lowest BCUT2D eigenvalue weighted by molar-refractivity contribution is -0.147. The van der Waals surface area contributed by atoms with Gasteiger partial charge < -0.3 is 15.2 Å². The van der Waals surface area contributed by atoms with E-state index in [2.05, 4.69) is 10.2 Å². The van der Waals surface area contributed by atoms with Crippen molar-refractivity contribution in [2.75, 3.05) is 6.54 Å². The quantitative estimate of drug-likeness (QED) is 0.402. The van der Waals surface area contributed by atoms with Gasteiger partial charge in [-0.25, -0.2) is 4.99 Å². The summed E-state index contributed by atoms with van der Waals surface area (Å²) in [6.07, 6.45) is -4.62. The molecule has 0 spiro atoms. The van der Waals surface area contributed by atoms with Gasteiger partial charge in [0.2, 0.25) is 5.82 Å². The number of benzene rings is 3. The second-order valence-electron chi connectivity index (χ2n) is 9.82. The molecule has 4 aromatic rings. The third kappa shape index (κ3) is 4.50. The molecule has 0 saturated heterocycles. The number of alkyl halides is 3. The molecule has 0 fully saturated rings. The summed E-state index contributed by atoms with van der Waals surface area (Å²) >= 11 is 0. The monoisotopic (exact) mass is 559 g/mol. The molecule has 6 rings (SSSR count). The molecule has 0 unspecified atom stereocenters. The summed E-state index contributed by atoms with van der Waals surface area (Å²) in [7, 11) is 0. The van der Waals surface area contributed by atoms with Crippen molar-refractivity contribution in [1.82, 2.24) is 24.6 Å². The zero-order chi connectivity index (χ0) is 28.8. The predicted molar refractivity (Wildman–Crippen MR) is 142 cm³/mol. The van der Waals surface area contributed by atoms with Gasteiger partial charge in [-0.15, -0.1) is 10.2 Å². The van der Waals surface area contributed by atoms with Gasteiger partial charge in [-0.3, -0.25) is 14.5 Å². The average molecular weight is 560 g/mol. The van der Waals surface area contributed by atoms with Crippen LogP contribution in [0.15, 0.2) is 89.9 Å². The van der Waals surface area contributed by atoms with E-state index in [1.54, 1.807) is 24.3 Å². The molecule has 0 aliphatic carbocycles. The Morgan fingerprint density at radius 1 is 0.902 bits per heavy atom. The number of aromatic nitrogens is 3. The molecule has 12 heteroatoms. The van der Waals surface area contributed by atoms with Crippen LogP contribution in [0.5, 0.6) is 0 Å². The van der Waals surface area contributed by atoms with Gasteiger partial charge in [0.05, 0.1) is 13.1 Å². The number of hydrogen-bond donors (Lipinski definition) is 1. The topological polar surface area (TPSA) is 110 Å². The van der Waals surface area contributed by atoms with Gasteiger partial charge in [-0.1, -0.05) is 72.8 Å². The molecule has 2 aliphatic heterocycles. The fourth-order valence-corrected chi connectivity index (χ4v) is 5.34. The molecule has 9 nitrogen and oxygen atoms in total. The highest BCUT2D eigenvalue weighted by Gasteiger charge is 2.50. The van der Waals surface area contributed by atoms with Crippen LogP contribution < -0.4 is 5.73 Å². The summed E-state index contributed by atoms with van der Waals surface area (Å²) in [5, 5.41) is 6.91. The second-order valence-corrected chi connectivity index (χ2v) is 9.82. The van der Waals surface area contributed by atoms with E-state index in [0.717, 1.165) is 4.57 Å². The maximum atomic E-state index is 14.1. The Bertz CT molecular complexity index is 1610. The SMILES string of the molecule is NC1=NC(c2ccccc2)(c2ccccc2)C(=O)N1Cc1cccc(C(=O)N2CCn3c(nnc3C(F)(F)F)C2)c1. The number of amides is 2. The molecule has 41 heavy (non-hydrogen) atoms. The Hall–Kier alpha value is -5.00. The van der Waals surface area contributed by atoms with Crippen LogP contribution in [0.4, 0.5) is 13.2 Å². The van der Waals surface area contributed by atoms with E-state index >= 15 is 0 Å². The number of rotatable bonds is 5. The molecule has 0 radical (unpaired) electrons. The minimum Gasteiger partial charge on any atom is -0.369 e. The number of nitrogens with zero attached hydrogens (tertiary/aromatic N) is 6. The summed E-state index contributed by atoms with van der Waals surface area (Å²) in [4.78, 5) is 34.9. The van der Waals surface area contributed by atoms with Crippen molar-refractivity contribution in [2.45, 2.75) is 31.3 Å². The fourth-order valence-electron chi connectivity index (χ4n) is 5.34. The van der Waals surface area contributed by atoms with Crippen LogP contribution in [0.2, 0.25) is 0 Å². The molecule has 0 bridgehead atoms. The van der Waals surface area contributed by atoms with Crippen molar-refractivity contribution in [3.63, 3.8) is 0 Å². The molecule has 2 N–H and O–H groups in total. The maximum absolute atomic E-state index is 14.1. The molecular formula is C29H24F3N7O2. The van der Waals surface area contributed by atoms with Gasteiger partial charge in [-0.2, -0.15) is 13.2 Å². The van der Waals surface area contributed by atoms with E-state index in [1.807, 2.05) is 60.7 Å². The smallest absolute Gasteiger partial charge is 0.369 e. The van der Waals surface area contributed by atoms with Crippen LogP contribution in [-0.2, 0) is 36.1 Å². The van der Waals surface area contributed by atoms with Crippen LogP contribution in [0.3, 0.4) is 0 Å². The zero-order valence-electron chi connectivity index (χ0n) is 21.6. The van der Waals surface area contributed by atoms with E-state index in [1.165, 1.54) is 9.80 Å². The summed E-state index contributed by atoms with van der Waals surface area (Å²) < 4.78 is 40.6. The Balaban J connectivity index is 1.24. The highest BCUT2D eigenvalue weighted by molar-refractivity contribution is 6.09. The van der Waals surface area contributed by atoms with E-state index in [-0.39, 0.29) is 49.8 Å². The number of nitrogens with two attached hydrogens (primary N) is 1. The van der Waals surface area contributed by atoms with Crippen molar-refractivity contribution in [1.29, 1.82) is 0 Å². The Labute approximate surface area is 232 Å². The van der Waals surface area contributed by atoms with Gasteiger partial charge >= 0.3 is 6.18 Å². The molecule has 2 amide bonds. The third-order valence-corrected chi connectivity index (χ3v) is 7.31. The lowest BCUT2D eigenvalue weighted by Gasteiger charge is -2.28. The first-order valence-electron chi connectivity index (χ1n) is 12.8. The number of guanidine groups is 1. The van der Waals surface area contributed by atoms with Crippen molar-refractivity contribution in [2.24, 2.45) is 10.7 Å².